The summed E-state index contributed by atoms with van der Waals surface area (Å²) in [6, 6.07) is 6.51. The molecule has 0 atom stereocenters. The van der Waals surface area contributed by atoms with Crippen molar-refractivity contribution in [1.82, 2.24) is 14.5 Å². The summed E-state index contributed by atoms with van der Waals surface area (Å²) in [5.41, 5.74) is 2.34. The first-order valence-electron chi connectivity index (χ1n) is 8.14. The Kier molecular flexibility index (Phi) is 4.77. The van der Waals surface area contributed by atoms with Crippen molar-refractivity contribution in [2.45, 2.75) is 13.5 Å². The Bertz CT molecular complexity index is 1030. The number of H-pyrrole nitrogens is 1. The summed E-state index contributed by atoms with van der Waals surface area (Å²) >= 11 is 0. The van der Waals surface area contributed by atoms with Gasteiger partial charge in [-0.3, -0.25) is 14.2 Å². The number of fused-ring (bicyclic) bond motifs is 1. The fourth-order valence-corrected chi connectivity index (χ4v) is 2.58. The van der Waals surface area contributed by atoms with E-state index >= 15 is 0 Å². The number of hydrogen-bond donors (Lipinski definition) is 2. The number of aromatic nitrogens is 2. The summed E-state index contributed by atoms with van der Waals surface area (Å²) in [5.74, 6) is -0.923. The van der Waals surface area contributed by atoms with Crippen LogP contribution in [-0.2, 0) is 6.54 Å². The van der Waals surface area contributed by atoms with Gasteiger partial charge in [-0.15, -0.1) is 0 Å². The van der Waals surface area contributed by atoms with Gasteiger partial charge < -0.3 is 19.6 Å². The number of benzene rings is 1. The van der Waals surface area contributed by atoms with E-state index in [0.717, 1.165) is 0 Å². The van der Waals surface area contributed by atoms with E-state index in [9.17, 15) is 14.4 Å². The van der Waals surface area contributed by atoms with Crippen LogP contribution in [0.1, 0.15) is 27.8 Å². The van der Waals surface area contributed by atoms with Crippen LogP contribution in [0, 0.1) is 0 Å². The molecule has 1 aromatic carbocycles. The standard InChI is InChI=1S/C18H20N4O4/c1-11(23)12-8-14(19-10-12)17(24)20-13-4-5-16-15(9-13)22(18(25)26-16)7-6-21(2)3/h4-5,8-10,19H,6-7H2,1-3H3,(H,20,24). The monoisotopic (exact) mass is 356 g/mol. The van der Waals surface area contributed by atoms with Crippen LogP contribution in [0.2, 0.25) is 0 Å². The van der Waals surface area contributed by atoms with Crippen LogP contribution in [0.3, 0.4) is 0 Å². The second-order valence-electron chi connectivity index (χ2n) is 6.32. The summed E-state index contributed by atoms with van der Waals surface area (Å²) in [6.45, 7) is 2.60. The quantitative estimate of drug-likeness (QED) is 0.658. The third-order valence-electron chi connectivity index (χ3n) is 4.03. The normalized spacial score (nSPS) is 11.2. The van der Waals surface area contributed by atoms with E-state index in [0.29, 0.717) is 35.4 Å². The third-order valence-corrected chi connectivity index (χ3v) is 4.03. The Morgan fingerprint density at radius 3 is 2.69 bits per heavy atom. The maximum atomic E-state index is 12.3. The molecule has 0 saturated heterocycles. The minimum atomic E-state index is -0.430. The number of aromatic amines is 1. The first kappa shape index (κ1) is 17.7. The lowest BCUT2D eigenvalue weighted by atomic mass is 10.2. The molecule has 26 heavy (non-hydrogen) atoms. The Morgan fingerprint density at radius 2 is 2.04 bits per heavy atom. The Hall–Kier alpha value is -3.13. The van der Waals surface area contributed by atoms with Gasteiger partial charge in [0.2, 0.25) is 0 Å². The van der Waals surface area contributed by atoms with Gasteiger partial charge in [0.15, 0.2) is 11.4 Å². The van der Waals surface area contributed by atoms with Crippen LogP contribution in [0.15, 0.2) is 39.7 Å². The summed E-state index contributed by atoms with van der Waals surface area (Å²) in [7, 11) is 3.84. The maximum Gasteiger partial charge on any atom is 0.419 e. The lowest BCUT2D eigenvalue weighted by molar-refractivity contribution is 0.101. The first-order valence-corrected chi connectivity index (χ1v) is 8.14. The number of nitrogens with one attached hydrogen (secondary N) is 2. The van der Waals surface area contributed by atoms with Crippen LogP contribution < -0.4 is 11.1 Å². The van der Waals surface area contributed by atoms with Gasteiger partial charge in [0.25, 0.3) is 5.91 Å². The number of likely N-dealkylation sites (N-methyl/N-ethyl adjacent to an activating group) is 1. The SMILES string of the molecule is CC(=O)c1c[nH]c(C(=O)Nc2ccc3oc(=O)n(CCN(C)C)c3c2)c1. The minimum Gasteiger partial charge on any atom is -0.408 e. The van der Waals surface area contributed by atoms with Gasteiger partial charge in [0.05, 0.1) is 5.52 Å². The van der Waals surface area contributed by atoms with Crippen molar-refractivity contribution in [3.8, 4) is 0 Å². The molecule has 0 aliphatic rings. The molecule has 8 heteroatoms. The lowest BCUT2D eigenvalue weighted by Crippen LogP contribution is -2.23. The van der Waals surface area contributed by atoms with Crippen LogP contribution >= 0.6 is 0 Å². The highest BCUT2D eigenvalue weighted by Gasteiger charge is 2.14. The molecule has 2 heterocycles. The van der Waals surface area contributed by atoms with Gasteiger partial charge in [0.1, 0.15) is 5.69 Å². The third kappa shape index (κ3) is 3.60. The zero-order valence-electron chi connectivity index (χ0n) is 14.8. The highest BCUT2D eigenvalue weighted by atomic mass is 16.4. The molecular formula is C18H20N4O4. The zero-order valence-corrected chi connectivity index (χ0v) is 14.8. The number of hydrogen-bond acceptors (Lipinski definition) is 5. The molecule has 0 fully saturated rings. The average molecular weight is 356 g/mol. The molecule has 0 spiro atoms. The largest absolute Gasteiger partial charge is 0.419 e. The van der Waals surface area contributed by atoms with Crippen molar-refractivity contribution in [3.05, 3.63) is 52.3 Å². The molecule has 3 rings (SSSR count). The topological polar surface area (TPSA) is 100 Å². The molecule has 0 bridgehead atoms. The number of Topliss-reactive ketones (excluding diaryl/α,β-unsaturated/α-hetero) is 1. The van der Waals surface area contributed by atoms with E-state index in [1.165, 1.54) is 23.8 Å². The molecule has 0 saturated carbocycles. The van der Waals surface area contributed by atoms with E-state index in [4.69, 9.17) is 4.42 Å². The lowest BCUT2D eigenvalue weighted by Gasteiger charge is -2.09. The van der Waals surface area contributed by atoms with Crippen molar-refractivity contribution in [2.24, 2.45) is 0 Å². The number of carbonyl (C=O) groups excluding carboxylic acids is 2. The fraction of sp³-hybridized carbons (Fsp3) is 0.278. The van der Waals surface area contributed by atoms with Crippen molar-refractivity contribution < 1.29 is 14.0 Å². The molecule has 0 radical (unpaired) electrons. The van der Waals surface area contributed by atoms with Crippen molar-refractivity contribution in [2.75, 3.05) is 26.0 Å². The molecule has 8 nitrogen and oxygen atoms in total. The van der Waals surface area contributed by atoms with Crippen molar-refractivity contribution in [1.29, 1.82) is 0 Å². The van der Waals surface area contributed by atoms with Gasteiger partial charge in [-0.2, -0.15) is 0 Å². The van der Waals surface area contributed by atoms with E-state index < -0.39 is 5.76 Å². The van der Waals surface area contributed by atoms with Gasteiger partial charge in [-0.05, 0) is 45.3 Å². The Labute approximate surface area is 149 Å². The number of ketones is 1. The highest BCUT2D eigenvalue weighted by Crippen LogP contribution is 2.19. The van der Waals surface area contributed by atoms with Gasteiger partial charge >= 0.3 is 5.76 Å². The van der Waals surface area contributed by atoms with Gasteiger partial charge in [-0.1, -0.05) is 0 Å². The molecule has 0 aliphatic heterocycles. The maximum absolute atomic E-state index is 12.3. The molecule has 2 N–H and O–H groups in total. The van der Waals surface area contributed by atoms with Crippen LogP contribution in [0.5, 0.6) is 0 Å². The van der Waals surface area contributed by atoms with E-state index in [2.05, 4.69) is 10.3 Å². The molecule has 1 amide bonds. The molecular weight excluding hydrogens is 336 g/mol. The molecule has 136 valence electrons. The molecule has 3 aromatic rings. The van der Waals surface area contributed by atoms with Gasteiger partial charge in [0, 0.05) is 30.5 Å². The second kappa shape index (κ2) is 7.01. The Balaban J connectivity index is 1.85. The first-order chi connectivity index (χ1) is 12.3. The molecule has 0 aliphatic carbocycles. The van der Waals surface area contributed by atoms with Crippen LogP contribution in [0.25, 0.3) is 11.1 Å². The van der Waals surface area contributed by atoms with E-state index in [-0.39, 0.29) is 17.4 Å². The number of rotatable bonds is 6. The summed E-state index contributed by atoms with van der Waals surface area (Å²) in [4.78, 5) is 40.4. The predicted octanol–water partition coefficient (Wildman–Crippen LogP) is 1.94. The van der Waals surface area contributed by atoms with Crippen LogP contribution in [0.4, 0.5) is 5.69 Å². The smallest absolute Gasteiger partial charge is 0.408 e. The molecule has 0 unspecified atom stereocenters. The van der Waals surface area contributed by atoms with Crippen molar-refractivity contribution >= 4 is 28.5 Å². The minimum absolute atomic E-state index is 0.120. The zero-order chi connectivity index (χ0) is 18.8. The van der Waals surface area contributed by atoms with E-state index in [1.54, 1.807) is 18.2 Å². The number of oxazole rings is 1. The summed E-state index contributed by atoms with van der Waals surface area (Å²) in [5, 5.41) is 2.76. The Morgan fingerprint density at radius 1 is 1.27 bits per heavy atom. The summed E-state index contributed by atoms with van der Waals surface area (Å²) < 4.78 is 6.77. The number of nitrogens with zero attached hydrogens (tertiary/aromatic N) is 2. The summed E-state index contributed by atoms with van der Waals surface area (Å²) in [6.07, 6.45) is 1.50. The number of amides is 1. The fourth-order valence-electron chi connectivity index (χ4n) is 2.58. The van der Waals surface area contributed by atoms with Crippen molar-refractivity contribution in [3.63, 3.8) is 0 Å². The average Bonchev–Trinajstić information content (AvgIpc) is 3.17. The van der Waals surface area contributed by atoms with Gasteiger partial charge in [-0.25, -0.2) is 4.79 Å². The number of carbonyl (C=O) groups is 2. The predicted molar refractivity (Wildman–Crippen MR) is 97.8 cm³/mol. The molecule has 2 aromatic heterocycles. The van der Waals surface area contributed by atoms with E-state index in [1.807, 2.05) is 19.0 Å². The highest BCUT2D eigenvalue weighted by molar-refractivity contribution is 6.05. The number of anilines is 1. The van der Waals surface area contributed by atoms with Crippen LogP contribution in [-0.4, -0.2) is 46.8 Å². The second-order valence-corrected chi connectivity index (χ2v) is 6.32.